The standard InChI is InChI=1S/C23H36N10O12P2/c1-31-8-33(19-12(31)20(35)30-23(26)29-19)22-16-15(43-46(39-4)44-16)10(42-22)6-40-47(36,37)45-14-9(5-38-3)41-21(13(14)34)32(2)18-11(24)17(25)27-7-28-18/h7,9-10,13-16,21-22,34,36-37H,5-6,8,24H2,1-4H3,(H4-,25,26,27,28,29,30,35)/p+1. The van der Waals surface area contributed by atoms with E-state index in [-0.39, 0.29) is 48.1 Å². The Morgan fingerprint density at radius 2 is 1.89 bits per heavy atom. The summed E-state index contributed by atoms with van der Waals surface area (Å²) in [5, 5.41) is 11.2. The van der Waals surface area contributed by atoms with E-state index in [1.54, 1.807) is 23.9 Å². The van der Waals surface area contributed by atoms with E-state index in [9.17, 15) is 19.7 Å². The fourth-order valence-corrected chi connectivity index (χ4v) is 7.93. The van der Waals surface area contributed by atoms with Crippen LogP contribution in [0.15, 0.2) is 11.1 Å². The van der Waals surface area contributed by atoms with Gasteiger partial charge in [0.05, 0.1) is 13.3 Å². The molecule has 47 heavy (non-hydrogen) atoms. The molecule has 0 amide bonds. The third-order valence-electron chi connectivity index (χ3n) is 7.99. The lowest BCUT2D eigenvalue weighted by Crippen LogP contribution is -2.45. The first-order valence-electron chi connectivity index (χ1n) is 14.1. The summed E-state index contributed by atoms with van der Waals surface area (Å²) in [4.78, 5) is 53.9. The lowest BCUT2D eigenvalue weighted by molar-refractivity contribution is -0.0523. The molecule has 2 aromatic rings. The Labute approximate surface area is 269 Å². The fraction of sp³-hybridized carbons (Fsp3) is 0.652. The normalized spacial score (nSPS) is 31.9. The second-order valence-corrected chi connectivity index (χ2v) is 13.7. The topological polar surface area (TPSA) is 294 Å². The fourth-order valence-electron chi connectivity index (χ4n) is 5.85. The molecule has 24 heteroatoms. The smallest absolute Gasteiger partial charge is 0.393 e. The quantitative estimate of drug-likeness (QED) is 0.122. The number of aliphatic hydroxyl groups is 1. The lowest BCUT2D eigenvalue weighted by atomic mass is 10.1. The molecule has 6 rings (SSSR count). The predicted octanol–water partition coefficient (Wildman–Crippen LogP) is -2.16. The number of rotatable bonds is 11. The second kappa shape index (κ2) is 13.2. The highest BCUT2D eigenvalue weighted by molar-refractivity contribution is 7.54. The first-order chi connectivity index (χ1) is 22.3. The van der Waals surface area contributed by atoms with E-state index in [2.05, 4.69) is 19.9 Å². The molecular weight excluding hydrogens is 670 g/mol. The number of aromatic nitrogens is 4. The summed E-state index contributed by atoms with van der Waals surface area (Å²) >= 11 is 0. The molecule has 3 fully saturated rings. The van der Waals surface area contributed by atoms with Crippen LogP contribution in [-0.2, 0) is 36.8 Å². The number of anilines is 6. The zero-order valence-electron chi connectivity index (χ0n) is 25.6. The number of nitrogen functional groups attached to an aromatic ring is 3. The average Bonchev–Trinajstić information content (AvgIpc) is 3.75. The number of ether oxygens (including phenoxy) is 3. The van der Waals surface area contributed by atoms with Crippen molar-refractivity contribution in [1.82, 2.24) is 19.9 Å². The summed E-state index contributed by atoms with van der Waals surface area (Å²) in [6.07, 6.45) is -6.94. The Hall–Kier alpha value is -2.82. The van der Waals surface area contributed by atoms with Gasteiger partial charge in [0.2, 0.25) is 5.95 Å². The molecule has 0 aromatic carbocycles. The molecular formula is C23H37N10O12P2+. The van der Waals surface area contributed by atoms with Gasteiger partial charge in [-0.1, -0.05) is 0 Å². The number of H-pyrrole nitrogens is 1. The van der Waals surface area contributed by atoms with Gasteiger partial charge in [-0.3, -0.25) is 9.78 Å². The highest BCUT2D eigenvalue weighted by Gasteiger charge is 2.60. The van der Waals surface area contributed by atoms with E-state index in [0.717, 1.165) is 0 Å². The van der Waals surface area contributed by atoms with Gasteiger partial charge in [-0.2, -0.15) is 19.3 Å². The van der Waals surface area contributed by atoms with Gasteiger partial charge in [0.25, 0.3) is 5.56 Å². The second-order valence-electron chi connectivity index (χ2n) is 11.0. The zero-order valence-corrected chi connectivity index (χ0v) is 27.4. The molecule has 0 saturated carbocycles. The summed E-state index contributed by atoms with van der Waals surface area (Å²) in [7, 11) is -0.332. The lowest BCUT2D eigenvalue weighted by Gasteiger charge is -2.28. The zero-order chi connectivity index (χ0) is 33.8. The Morgan fingerprint density at radius 1 is 1.15 bits per heavy atom. The van der Waals surface area contributed by atoms with E-state index >= 15 is 0 Å². The molecule has 22 nitrogen and oxygen atoms in total. The van der Waals surface area contributed by atoms with Crippen LogP contribution in [0.3, 0.4) is 0 Å². The van der Waals surface area contributed by atoms with Crippen LogP contribution < -0.4 is 37.5 Å². The Kier molecular flexibility index (Phi) is 9.59. The minimum absolute atomic E-state index is 0.0305. The maximum Gasteiger partial charge on any atom is 0.570 e. The number of nitrogens with two attached hydrogens (primary N) is 3. The van der Waals surface area contributed by atoms with Crippen LogP contribution in [0.2, 0.25) is 0 Å². The number of methoxy groups -OCH3 is 1. The Morgan fingerprint density at radius 3 is 2.62 bits per heavy atom. The van der Waals surface area contributed by atoms with E-state index in [1.165, 1.54) is 25.4 Å². The maximum atomic E-state index is 12.6. The SMILES string of the molecule is COCC1OC(N(C)c2ncnc(N)c2N)C(O)C1O[P+](O)(O)OCC1OC(N2CN(C)c3c2nc(N)[nH]c3=O)C2OP(OC)OC12. The minimum Gasteiger partial charge on any atom is -0.393 e. The molecule has 0 bridgehead atoms. The molecule has 0 aliphatic carbocycles. The van der Waals surface area contributed by atoms with E-state index in [1.807, 2.05) is 0 Å². The number of aromatic amines is 1. The predicted molar refractivity (Wildman–Crippen MR) is 165 cm³/mol. The minimum atomic E-state index is -4.65. The van der Waals surface area contributed by atoms with Crippen molar-refractivity contribution in [3.05, 3.63) is 16.7 Å². The molecule has 4 aliphatic heterocycles. The van der Waals surface area contributed by atoms with Crippen molar-refractivity contribution in [3.63, 3.8) is 0 Å². The van der Waals surface area contributed by atoms with Crippen LogP contribution in [0, 0.1) is 0 Å². The highest BCUT2D eigenvalue weighted by atomic mass is 31.2. The molecule has 260 valence electrons. The van der Waals surface area contributed by atoms with Crippen LogP contribution in [0.5, 0.6) is 0 Å². The van der Waals surface area contributed by atoms with Gasteiger partial charge in [-0.15, -0.1) is 4.52 Å². The monoisotopic (exact) mass is 707 g/mol. The van der Waals surface area contributed by atoms with Gasteiger partial charge < -0.3 is 64.8 Å². The van der Waals surface area contributed by atoms with Crippen LogP contribution in [0.1, 0.15) is 0 Å². The highest BCUT2D eigenvalue weighted by Crippen LogP contribution is 2.58. The van der Waals surface area contributed by atoms with Crippen molar-refractivity contribution in [2.75, 3.05) is 80.1 Å². The van der Waals surface area contributed by atoms with Crippen LogP contribution in [0.25, 0.3) is 0 Å². The molecule has 10 N–H and O–H groups in total. The number of nitrogens with zero attached hydrogens (tertiary/aromatic N) is 6. The molecule has 4 aliphatic rings. The van der Waals surface area contributed by atoms with E-state index in [4.69, 9.17) is 54.0 Å². The first kappa shape index (κ1) is 34.1. The van der Waals surface area contributed by atoms with Crippen molar-refractivity contribution in [2.45, 2.75) is 49.1 Å². The number of fused-ring (bicyclic) bond motifs is 2. The maximum absolute atomic E-state index is 12.6. The number of aliphatic hydroxyl groups excluding tert-OH is 1. The van der Waals surface area contributed by atoms with E-state index < -0.39 is 78.0 Å². The van der Waals surface area contributed by atoms with Crippen molar-refractivity contribution in [1.29, 1.82) is 0 Å². The van der Waals surface area contributed by atoms with Gasteiger partial charge in [-0.25, -0.2) is 9.97 Å². The Balaban J connectivity index is 1.16. The average molecular weight is 708 g/mol. The van der Waals surface area contributed by atoms with Gasteiger partial charge in [-0.05, 0) is 0 Å². The van der Waals surface area contributed by atoms with Crippen molar-refractivity contribution < 1.29 is 51.7 Å². The summed E-state index contributed by atoms with van der Waals surface area (Å²) < 4.78 is 45.7. The van der Waals surface area contributed by atoms with Gasteiger partial charge in [0.15, 0.2) is 36.0 Å². The van der Waals surface area contributed by atoms with Crippen molar-refractivity contribution in [3.8, 4) is 0 Å². The van der Waals surface area contributed by atoms with Crippen LogP contribution in [0.4, 0.5) is 34.8 Å². The summed E-state index contributed by atoms with van der Waals surface area (Å²) in [5.41, 5.74) is 17.6. The van der Waals surface area contributed by atoms with Crippen molar-refractivity contribution in [2.24, 2.45) is 0 Å². The Bertz CT molecular complexity index is 1510. The third kappa shape index (κ3) is 6.37. The summed E-state index contributed by atoms with van der Waals surface area (Å²) in [5.74, 6) is 0.399. The van der Waals surface area contributed by atoms with Crippen molar-refractivity contribution >= 4 is 51.5 Å². The van der Waals surface area contributed by atoms with E-state index in [0.29, 0.717) is 0 Å². The number of nitrogens with one attached hydrogen (secondary N) is 1. The summed E-state index contributed by atoms with van der Waals surface area (Å²) in [6.45, 7) is -0.313. The molecule has 9 atom stereocenters. The largest absolute Gasteiger partial charge is 0.570 e. The molecule has 2 aromatic heterocycles. The third-order valence-corrected chi connectivity index (χ3v) is 10.1. The van der Waals surface area contributed by atoms with Gasteiger partial charge in [0, 0.05) is 28.3 Å². The van der Waals surface area contributed by atoms with Crippen LogP contribution in [-0.4, -0.2) is 132 Å². The molecule has 0 spiro atoms. The number of hydrogen-bond donors (Lipinski definition) is 7. The first-order valence-corrected chi connectivity index (χ1v) is 16.8. The van der Waals surface area contributed by atoms with Gasteiger partial charge >= 0.3 is 16.8 Å². The molecule has 0 radical (unpaired) electrons. The van der Waals surface area contributed by atoms with Crippen LogP contribution >= 0.6 is 16.8 Å². The number of hydrogen-bond acceptors (Lipinski definition) is 21. The molecule has 3 saturated heterocycles. The summed E-state index contributed by atoms with van der Waals surface area (Å²) in [6, 6.07) is 0. The van der Waals surface area contributed by atoms with Gasteiger partial charge in [0.1, 0.15) is 54.8 Å². The molecule has 6 heterocycles. The molecule has 9 unspecified atom stereocenters. The number of likely N-dealkylation sites (N-methyl/N-ethyl adjacent to an activating group) is 1.